The highest BCUT2D eigenvalue weighted by Gasteiger charge is 2.19. The van der Waals surface area contributed by atoms with E-state index in [2.05, 4.69) is 10.4 Å². The Morgan fingerprint density at radius 2 is 1.86 bits per heavy atom. The Kier molecular flexibility index (Phi) is 3.64. The second kappa shape index (κ2) is 5.60. The third-order valence-electron chi connectivity index (χ3n) is 3.73. The molecule has 0 aliphatic carbocycles. The Hall–Kier alpha value is -2.30. The second-order valence-corrected chi connectivity index (χ2v) is 5.02. The van der Waals surface area contributed by atoms with Gasteiger partial charge in [0.15, 0.2) is 0 Å². The lowest BCUT2D eigenvalue weighted by molar-refractivity contribution is 0.556. The number of nitrogens with two attached hydrogens (primary N) is 1. The predicted octanol–water partition coefficient (Wildman–Crippen LogP) is 3.24. The van der Waals surface area contributed by atoms with Gasteiger partial charge in [0.1, 0.15) is 5.82 Å². The van der Waals surface area contributed by atoms with E-state index < -0.39 is 6.04 Å². The smallest absolute Gasteiger partial charge is 0.131 e. The molecule has 0 amide bonds. The fraction of sp³-hybridized carbons (Fsp3) is 0.118. The maximum atomic E-state index is 14.4. The van der Waals surface area contributed by atoms with Gasteiger partial charge in [-0.25, -0.2) is 9.82 Å². The minimum atomic E-state index is -0.419. The van der Waals surface area contributed by atoms with Crippen LogP contribution in [0.3, 0.4) is 0 Å². The molecule has 3 rings (SSSR count). The normalized spacial score (nSPS) is 12.5. The first-order chi connectivity index (χ1) is 10.2. The molecule has 0 aliphatic heterocycles. The van der Waals surface area contributed by atoms with Crippen LogP contribution in [0.25, 0.3) is 10.8 Å². The van der Waals surface area contributed by atoms with Gasteiger partial charge in [0.2, 0.25) is 0 Å². The summed E-state index contributed by atoms with van der Waals surface area (Å²) in [5.41, 5.74) is 4.78. The van der Waals surface area contributed by atoms with E-state index in [1.54, 1.807) is 31.5 Å². The molecule has 0 aliphatic rings. The number of rotatable bonds is 3. The van der Waals surface area contributed by atoms with E-state index in [9.17, 15) is 4.39 Å². The second-order valence-electron chi connectivity index (χ2n) is 5.02. The molecular formula is C17H16FN3. The topological polar surface area (TPSA) is 50.9 Å². The highest BCUT2D eigenvalue weighted by molar-refractivity contribution is 5.85. The molecule has 3 aromatic rings. The molecule has 1 heterocycles. The highest BCUT2D eigenvalue weighted by Crippen LogP contribution is 2.30. The first kappa shape index (κ1) is 13.7. The van der Waals surface area contributed by atoms with Crippen molar-refractivity contribution in [1.29, 1.82) is 0 Å². The molecular weight excluding hydrogens is 265 g/mol. The summed E-state index contributed by atoms with van der Waals surface area (Å²) in [5, 5.41) is 2.01. The van der Waals surface area contributed by atoms with E-state index in [1.807, 2.05) is 30.3 Å². The number of fused-ring (bicyclic) bond motifs is 1. The van der Waals surface area contributed by atoms with Crippen LogP contribution in [0.5, 0.6) is 0 Å². The van der Waals surface area contributed by atoms with E-state index in [-0.39, 0.29) is 5.82 Å². The average molecular weight is 281 g/mol. The quantitative estimate of drug-likeness (QED) is 0.572. The molecule has 1 unspecified atom stereocenters. The third kappa shape index (κ3) is 2.39. The first-order valence-electron chi connectivity index (χ1n) is 6.76. The molecule has 0 saturated heterocycles. The molecule has 4 heteroatoms. The van der Waals surface area contributed by atoms with Crippen molar-refractivity contribution < 1.29 is 4.39 Å². The number of pyridine rings is 1. The summed E-state index contributed by atoms with van der Waals surface area (Å²) in [4.78, 5) is 4.16. The van der Waals surface area contributed by atoms with Gasteiger partial charge in [-0.05, 0) is 29.5 Å². The maximum Gasteiger partial charge on any atom is 0.131 e. The fourth-order valence-electron chi connectivity index (χ4n) is 2.63. The molecule has 106 valence electrons. The van der Waals surface area contributed by atoms with Crippen LogP contribution in [-0.2, 0) is 0 Å². The van der Waals surface area contributed by atoms with Crippen LogP contribution in [0.15, 0.2) is 54.9 Å². The first-order valence-corrected chi connectivity index (χ1v) is 6.76. The lowest BCUT2D eigenvalue weighted by Gasteiger charge is -2.20. The van der Waals surface area contributed by atoms with E-state index in [0.29, 0.717) is 11.1 Å². The molecule has 0 spiro atoms. The number of hydrazine groups is 1. The fourth-order valence-corrected chi connectivity index (χ4v) is 2.63. The average Bonchev–Trinajstić information content (AvgIpc) is 2.52. The summed E-state index contributed by atoms with van der Waals surface area (Å²) in [5.74, 6) is 5.47. The summed E-state index contributed by atoms with van der Waals surface area (Å²) in [6.07, 6.45) is 3.52. The van der Waals surface area contributed by atoms with Crippen molar-refractivity contribution in [2.24, 2.45) is 5.84 Å². The molecule has 1 atom stereocenters. The van der Waals surface area contributed by atoms with Crippen LogP contribution in [0.1, 0.15) is 22.7 Å². The van der Waals surface area contributed by atoms with Crippen molar-refractivity contribution in [3.05, 3.63) is 77.4 Å². The number of benzene rings is 2. The van der Waals surface area contributed by atoms with Crippen molar-refractivity contribution in [3.8, 4) is 0 Å². The monoisotopic (exact) mass is 281 g/mol. The summed E-state index contributed by atoms with van der Waals surface area (Å²) in [6.45, 7) is 1.75. The Bertz CT molecular complexity index is 781. The van der Waals surface area contributed by atoms with Crippen LogP contribution in [0.2, 0.25) is 0 Å². The van der Waals surface area contributed by atoms with Gasteiger partial charge in [0.05, 0.1) is 6.04 Å². The standard InChI is InChI=1S/C17H16FN3/c1-11-4-2-7-14(16(11)18)17(21-19)13-6-3-5-12-8-9-20-10-15(12)13/h2-10,17,21H,19H2,1H3. The minimum Gasteiger partial charge on any atom is -0.271 e. The summed E-state index contributed by atoms with van der Waals surface area (Å²) < 4.78 is 14.4. The van der Waals surface area contributed by atoms with Gasteiger partial charge in [0.25, 0.3) is 0 Å². The number of hydrogen-bond donors (Lipinski definition) is 2. The van der Waals surface area contributed by atoms with Crippen LogP contribution >= 0.6 is 0 Å². The Labute approximate surface area is 122 Å². The zero-order valence-corrected chi connectivity index (χ0v) is 11.7. The lowest BCUT2D eigenvalue weighted by Crippen LogP contribution is -2.29. The van der Waals surface area contributed by atoms with Crippen molar-refractivity contribution in [1.82, 2.24) is 10.4 Å². The Morgan fingerprint density at radius 3 is 2.67 bits per heavy atom. The number of aryl methyl sites for hydroxylation is 1. The molecule has 3 nitrogen and oxygen atoms in total. The van der Waals surface area contributed by atoms with Gasteiger partial charge in [0, 0.05) is 23.3 Å². The van der Waals surface area contributed by atoms with Crippen LogP contribution in [0.4, 0.5) is 4.39 Å². The molecule has 2 aromatic carbocycles. The number of aromatic nitrogens is 1. The van der Waals surface area contributed by atoms with Crippen LogP contribution < -0.4 is 11.3 Å². The molecule has 0 fully saturated rings. The van der Waals surface area contributed by atoms with Gasteiger partial charge in [-0.2, -0.15) is 0 Å². The summed E-state index contributed by atoms with van der Waals surface area (Å²) in [7, 11) is 0. The number of halogens is 1. The van der Waals surface area contributed by atoms with Gasteiger partial charge in [-0.1, -0.05) is 36.4 Å². The van der Waals surface area contributed by atoms with Gasteiger partial charge in [-0.3, -0.25) is 10.8 Å². The molecule has 0 bridgehead atoms. The number of nitrogens with zero attached hydrogens (tertiary/aromatic N) is 1. The van der Waals surface area contributed by atoms with Crippen LogP contribution in [0, 0.1) is 12.7 Å². The van der Waals surface area contributed by atoms with Crippen LogP contribution in [-0.4, -0.2) is 4.98 Å². The van der Waals surface area contributed by atoms with E-state index in [0.717, 1.165) is 16.3 Å². The minimum absolute atomic E-state index is 0.235. The van der Waals surface area contributed by atoms with Crippen molar-refractivity contribution in [3.63, 3.8) is 0 Å². The maximum absolute atomic E-state index is 14.4. The van der Waals surface area contributed by atoms with Gasteiger partial charge >= 0.3 is 0 Å². The predicted molar refractivity (Wildman–Crippen MR) is 82.0 cm³/mol. The zero-order chi connectivity index (χ0) is 14.8. The number of nitrogens with one attached hydrogen (secondary N) is 1. The Morgan fingerprint density at radius 1 is 1.10 bits per heavy atom. The third-order valence-corrected chi connectivity index (χ3v) is 3.73. The molecule has 3 N–H and O–H groups in total. The van der Waals surface area contributed by atoms with Crippen molar-refractivity contribution in [2.45, 2.75) is 13.0 Å². The highest BCUT2D eigenvalue weighted by atomic mass is 19.1. The van der Waals surface area contributed by atoms with Crippen molar-refractivity contribution in [2.75, 3.05) is 0 Å². The molecule has 21 heavy (non-hydrogen) atoms. The zero-order valence-electron chi connectivity index (χ0n) is 11.7. The Balaban J connectivity index is 2.21. The summed E-state index contributed by atoms with van der Waals surface area (Å²) >= 11 is 0. The number of hydrogen-bond acceptors (Lipinski definition) is 3. The van der Waals surface area contributed by atoms with Gasteiger partial charge < -0.3 is 0 Å². The van der Waals surface area contributed by atoms with E-state index >= 15 is 0 Å². The molecule has 1 aromatic heterocycles. The molecule has 0 saturated carbocycles. The summed E-state index contributed by atoms with van der Waals surface area (Å²) in [6, 6.07) is 12.7. The lowest BCUT2D eigenvalue weighted by atomic mass is 9.94. The van der Waals surface area contributed by atoms with E-state index in [4.69, 9.17) is 5.84 Å². The molecule has 0 radical (unpaired) electrons. The largest absolute Gasteiger partial charge is 0.271 e. The SMILES string of the molecule is Cc1cccc(C(NN)c2cccc3ccncc23)c1F. The van der Waals surface area contributed by atoms with E-state index in [1.165, 1.54) is 0 Å². The van der Waals surface area contributed by atoms with Crippen molar-refractivity contribution >= 4 is 10.8 Å². The van der Waals surface area contributed by atoms with Gasteiger partial charge in [-0.15, -0.1) is 0 Å².